The van der Waals surface area contributed by atoms with Crippen LogP contribution in [0.1, 0.15) is 62.5 Å². The highest BCUT2D eigenvalue weighted by Crippen LogP contribution is 2.40. The average molecular weight is 523 g/mol. The molecular formula is C29H28F6O2. The minimum atomic E-state index is -4.05. The molecule has 198 valence electrons. The predicted octanol–water partition coefficient (Wildman–Crippen LogP) is 9.28. The van der Waals surface area contributed by atoms with E-state index in [2.05, 4.69) is 11.7 Å². The second-order valence-corrected chi connectivity index (χ2v) is 9.40. The quantitative estimate of drug-likeness (QED) is 0.261. The summed E-state index contributed by atoms with van der Waals surface area (Å²) in [5.41, 5.74) is -0.251. The van der Waals surface area contributed by atoms with Crippen LogP contribution in [0.25, 0.3) is 11.1 Å². The Bertz CT molecular complexity index is 1220. The first kappa shape index (κ1) is 26.9. The lowest BCUT2D eigenvalue weighted by molar-refractivity contribution is -0.187. The Morgan fingerprint density at radius 3 is 2.22 bits per heavy atom. The zero-order valence-corrected chi connectivity index (χ0v) is 20.4. The van der Waals surface area contributed by atoms with Crippen LogP contribution in [0.15, 0.2) is 54.6 Å². The summed E-state index contributed by atoms with van der Waals surface area (Å²) in [6.07, 6.45) is 2.14. The van der Waals surface area contributed by atoms with Crippen LogP contribution in [-0.4, -0.2) is 6.86 Å². The van der Waals surface area contributed by atoms with E-state index >= 15 is 0 Å². The number of halogens is 6. The van der Waals surface area contributed by atoms with E-state index in [9.17, 15) is 26.3 Å². The maximum Gasteiger partial charge on any atom is 0.429 e. The molecule has 0 unspecified atom stereocenters. The third-order valence-corrected chi connectivity index (χ3v) is 6.96. The molecule has 8 heteroatoms. The van der Waals surface area contributed by atoms with Crippen LogP contribution in [0, 0.1) is 23.4 Å². The molecule has 0 atom stereocenters. The number of ether oxygens (including phenoxy) is 2. The van der Waals surface area contributed by atoms with Gasteiger partial charge in [0.1, 0.15) is 17.4 Å². The van der Waals surface area contributed by atoms with Crippen molar-refractivity contribution in [3.63, 3.8) is 0 Å². The van der Waals surface area contributed by atoms with E-state index in [1.165, 1.54) is 18.6 Å². The van der Waals surface area contributed by atoms with Gasteiger partial charge in [-0.15, -0.1) is 0 Å². The molecule has 0 bridgehead atoms. The summed E-state index contributed by atoms with van der Waals surface area (Å²) in [6.45, 7) is 0.923. The highest BCUT2D eigenvalue weighted by molar-refractivity contribution is 5.66. The monoisotopic (exact) mass is 522 g/mol. The molecule has 2 nitrogen and oxygen atoms in total. The summed E-state index contributed by atoms with van der Waals surface area (Å²) in [7, 11) is 0. The molecule has 0 aromatic heterocycles. The molecule has 0 N–H and O–H groups in total. The Balaban J connectivity index is 1.47. The minimum absolute atomic E-state index is 0.0879. The Labute approximate surface area is 212 Å². The summed E-state index contributed by atoms with van der Waals surface area (Å²) < 4.78 is 94.6. The first-order chi connectivity index (χ1) is 17.7. The maximum atomic E-state index is 14.9. The van der Waals surface area contributed by atoms with Gasteiger partial charge >= 0.3 is 6.11 Å². The molecule has 3 aromatic carbocycles. The van der Waals surface area contributed by atoms with Gasteiger partial charge in [0.25, 0.3) is 0 Å². The Kier molecular flexibility index (Phi) is 8.35. The molecule has 1 fully saturated rings. The van der Waals surface area contributed by atoms with Crippen molar-refractivity contribution >= 4 is 0 Å². The van der Waals surface area contributed by atoms with Crippen molar-refractivity contribution in [2.75, 3.05) is 6.86 Å². The van der Waals surface area contributed by atoms with Crippen molar-refractivity contribution in [1.29, 1.82) is 0 Å². The molecule has 3 aromatic rings. The van der Waals surface area contributed by atoms with Crippen LogP contribution in [0.2, 0.25) is 0 Å². The third-order valence-electron chi connectivity index (χ3n) is 6.96. The van der Waals surface area contributed by atoms with Gasteiger partial charge in [0.2, 0.25) is 6.86 Å². The van der Waals surface area contributed by atoms with Crippen molar-refractivity contribution in [2.45, 2.75) is 57.5 Å². The van der Waals surface area contributed by atoms with E-state index < -0.39 is 41.7 Å². The first-order valence-corrected chi connectivity index (χ1v) is 12.4. The summed E-state index contributed by atoms with van der Waals surface area (Å²) in [4.78, 5) is 0. The lowest BCUT2D eigenvalue weighted by Crippen LogP contribution is -2.24. The zero-order valence-electron chi connectivity index (χ0n) is 20.4. The predicted molar refractivity (Wildman–Crippen MR) is 129 cm³/mol. The van der Waals surface area contributed by atoms with E-state index in [1.807, 2.05) is 0 Å². The second kappa shape index (κ2) is 11.5. The van der Waals surface area contributed by atoms with Gasteiger partial charge in [-0.05, 0) is 85.0 Å². The molecule has 4 rings (SSSR count). The van der Waals surface area contributed by atoms with Gasteiger partial charge in [0.15, 0.2) is 11.6 Å². The Morgan fingerprint density at radius 1 is 0.838 bits per heavy atom. The van der Waals surface area contributed by atoms with E-state index in [-0.39, 0.29) is 22.8 Å². The minimum Gasteiger partial charge on any atom is -0.460 e. The van der Waals surface area contributed by atoms with Crippen molar-refractivity contribution in [1.82, 2.24) is 0 Å². The molecule has 1 aliphatic rings. The van der Waals surface area contributed by atoms with Gasteiger partial charge in [0.05, 0.1) is 5.56 Å². The molecular weight excluding hydrogens is 494 g/mol. The van der Waals surface area contributed by atoms with Crippen molar-refractivity contribution in [3.05, 3.63) is 83.2 Å². The summed E-state index contributed by atoms with van der Waals surface area (Å²) in [6, 6.07) is 9.98. The van der Waals surface area contributed by atoms with Crippen molar-refractivity contribution in [2.24, 2.45) is 5.92 Å². The first-order valence-electron chi connectivity index (χ1n) is 12.4. The SMILES string of the molecule is CCCC1CCC(c2ccc(C(F)(F)Oc3ccc(-c4ccc(OCF)c(F)c4)c(F)c3)c(F)c2)CC1. The zero-order chi connectivity index (χ0) is 26.6. The third kappa shape index (κ3) is 6.22. The lowest BCUT2D eigenvalue weighted by Gasteiger charge is -2.29. The number of rotatable bonds is 9. The number of hydrogen-bond donors (Lipinski definition) is 0. The standard InChI is InChI=1S/C29H28F6O2/c1-2-3-18-4-6-19(7-5-18)20-8-12-24(26(32)14-20)29(34,35)37-22-10-11-23(25(31)16-22)21-9-13-28(36-17-30)27(33)15-21/h8-16,18-19H,2-7,17H2,1H3. The van der Waals surface area contributed by atoms with Crippen molar-refractivity contribution in [3.8, 4) is 22.6 Å². The molecule has 0 heterocycles. The van der Waals surface area contributed by atoms with Crippen LogP contribution in [-0.2, 0) is 6.11 Å². The van der Waals surface area contributed by atoms with E-state index in [1.54, 1.807) is 0 Å². The summed E-state index contributed by atoms with van der Waals surface area (Å²) in [5.74, 6) is -3.01. The van der Waals surface area contributed by atoms with Crippen molar-refractivity contribution < 1.29 is 35.8 Å². The Morgan fingerprint density at radius 2 is 1.59 bits per heavy atom. The average Bonchev–Trinajstić information content (AvgIpc) is 2.86. The fourth-order valence-electron chi connectivity index (χ4n) is 5.05. The van der Waals surface area contributed by atoms with Gasteiger partial charge in [-0.3, -0.25) is 0 Å². The molecule has 1 aliphatic carbocycles. The molecule has 0 amide bonds. The molecule has 1 saturated carbocycles. The fourth-order valence-corrected chi connectivity index (χ4v) is 5.05. The van der Waals surface area contributed by atoms with Crippen LogP contribution >= 0.6 is 0 Å². The largest absolute Gasteiger partial charge is 0.460 e. The van der Waals surface area contributed by atoms with Crippen LogP contribution in [0.4, 0.5) is 26.3 Å². The number of hydrogen-bond acceptors (Lipinski definition) is 2. The van der Waals surface area contributed by atoms with E-state index in [0.29, 0.717) is 17.5 Å². The molecule has 0 spiro atoms. The Hall–Kier alpha value is -3.16. The van der Waals surface area contributed by atoms with Gasteiger partial charge in [-0.25, -0.2) is 17.6 Å². The number of alkyl halides is 3. The summed E-state index contributed by atoms with van der Waals surface area (Å²) in [5, 5.41) is 0. The smallest absolute Gasteiger partial charge is 0.429 e. The maximum absolute atomic E-state index is 14.9. The highest BCUT2D eigenvalue weighted by Gasteiger charge is 2.38. The van der Waals surface area contributed by atoms with Crippen LogP contribution in [0.3, 0.4) is 0 Å². The summed E-state index contributed by atoms with van der Waals surface area (Å²) >= 11 is 0. The van der Waals surface area contributed by atoms with Gasteiger partial charge in [-0.1, -0.05) is 31.9 Å². The number of benzene rings is 3. The van der Waals surface area contributed by atoms with Crippen LogP contribution in [0.5, 0.6) is 11.5 Å². The highest BCUT2D eigenvalue weighted by atomic mass is 19.3. The van der Waals surface area contributed by atoms with Gasteiger partial charge in [-0.2, -0.15) is 8.78 Å². The molecule has 37 heavy (non-hydrogen) atoms. The second-order valence-electron chi connectivity index (χ2n) is 9.40. The van der Waals surface area contributed by atoms with Gasteiger partial charge < -0.3 is 9.47 Å². The fraction of sp³-hybridized carbons (Fsp3) is 0.379. The normalized spacial score (nSPS) is 18.0. The molecule has 0 saturated heterocycles. The topological polar surface area (TPSA) is 18.5 Å². The molecule has 0 radical (unpaired) electrons. The van der Waals surface area contributed by atoms with Gasteiger partial charge in [0, 0.05) is 11.6 Å². The van der Waals surface area contributed by atoms with Crippen LogP contribution < -0.4 is 9.47 Å². The van der Waals surface area contributed by atoms with E-state index in [4.69, 9.17) is 4.74 Å². The van der Waals surface area contributed by atoms with E-state index in [0.717, 1.165) is 68.5 Å². The lowest BCUT2D eigenvalue weighted by atomic mass is 9.77. The molecule has 0 aliphatic heterocycles.